The number of rotatable bonds is 2. The summed E-state index contributed by atoms with van der Waals surface area (Å²) in [5.74, 6) is -0.0449. The van der Waals surface area contributed by atoms with Gasteiger partial charge in [0.2, 0.25) is 5.91 Å². The lowest BCUT2D eigenvalue weighted by atomic mass is 10.0. The lowest BCUT2D eigenvalue weighted by Gasteiger charge is -2.28. The van der Waals surface area contributed by atoms with Gasteiger partial charge in [0, 0.05) is 13.5 Å². The predicted octanol–water partition coefficient (Wildman–Crippen LogP) is -0.0924. The molecule has 0 radical (unpaired) electrons. The summed E-state index contributed by atoms with van der Waals surface area (Å²) in [6.07, 6.45) is 3.47. The van der Waals surface area contributed by atoms with E-state index in [9.17, 15) is 9.59 Å². The standard InChI is InChI=1S/C11H11N5O2/c1-16-10(17)3-2-8(11(16)18)15-9-6-13-7(4-12)5-14-9/h5-6,8H,2-3H2,1H3,(H,14,15). The number of hydrogen-bond acceptors (Lipinski definition) is 6. The number of amides is 2. The van der Waals surface area contributed by atoms with Crippen LogP contribution in [0.15, 0.2) is 12.4 Å². The minimum absolute atomic E-state index is 0.177. The Kier molecular flexibility index (Phi) is 3.19. The molecule has 2 amide bonds. The van der Waals surface area contributed by atoms with Crippen molar-refractivity contribution in [3.8, 4) is 6.07 Å². The summed E-state index contributed by atoms with van der Waals surface area (Å²) in [4.78, 5) is 32.0. The average Bonchev–Trinajstić information content (AvgIpc) is 2.40. The Balaban J connectivity index is 2.07. The summed E-state index contributed by atoms with van der Waals surface area (Å²) in [5.41, 5.74) is 0.211. The first-order valence-corrected chi connectivity index (χ1v) is 5.41. The fourth-order valence-corrected chi connectivity index (χ4v) is 1.69. The number of carbonyl (C=O) groups excluding carboxylic acids is 2. The van der Waals surface area contributed by atoms with Gasteiger partial charge in [0.25, 0.3) is 5.91 Å². The first-order chi connectivity index (χ1) is 8.61. The van der Waals surface area contributed by atoms with E-state index in [2.05, 4.69) is 15.3 Å². The molecule has 1 atom stereocenters. The Morgan fingerprint density at radius 2 is 2.22 bits per heavy atom. The second-order valence-electron chi connectivity index (χ2n) is 3.93. The summed E-state index contributed by atoms with van der Waals surface area (Å²) >= 11 is 0. The number of anilines is 1. The van der Waals surface area contributed by atoms with Crippen LogP contribution in [-0.2, 0) is 9.59 Å². The minimum atomic E-state index is -0.477. The highest BCUT2D eigenvalue weighted by Gasteiger charge is 2.31. The van der Waals surface area contributed by atoms with Crippen LogP contribution >= 0.6 is 0 Å². The lowest BCUT2D eigenvalue weighted by Crippen LogP contribution is -2.48. The molecule has 1 aromatic rings. The molecule has 0 saturated carbocycles. The summed E-state index contributed by atoms with van der Waals surface area (Å²) in [7, 11) is 1.46. The van der Waals surface area contributed by atoms with E-state index in [1.165, 1.54) is 19.4 Å². The van der Waals surface area contributed by atoms with Crippen molar-refractivity contribution in [3.63, 3.8) is 0 Å². The van der Waals surface area contributed by atoms with Crippen LogP contribution in [-0.4, -0.2) is 39.8 Å². The van der Waals surface area contributed by atoms with Crippen LogP contribution < -0.4 is 5.32 Å². The maximum Gasteiger partial charge on any atom is 0.251 e. The van der Waals surface area contributed by atoms with Gasteiger partial charge in [0.15, 0.2) is 5.69 Å². The van der Waals surface area contributed by atoms with Crippen molar-refractivity contribution < 1.29 is 9.59 Å². The number of hydrogen-bond donors (Lipinski definition) is 1. The van der Waals surface area contributed by atoms with Crippen molar-refractivity contribution in [1.82, 2.24) is 14.9 Å². The van der Waals surface area contributed by atoms with Crippen LogP contribution in [0.3, 0.4) is 0 Å². The molecule has 0 bridgehead atoms. The van der Waals surface area contributed by atoms with Gasteiger partial charge in [-0.05, 0) is 6.42 Å². The highest BCUT2D eigenvalue weighted by Crippen LogP contribution is 2.15. The number of nitriles is 1. The van der Waals surface area contributed by atoms with Crippen LogP contribution in [0.2, 0.25) is 0 Å². The number of nitrogens with zero attached hydrogens (tertiary/aromatic N) is 4. The Morgan fingerprint density at radius 1 is 1.44 bits per heavy atom. The quantitative estimate of drug-likeness (QED) is 0.731. The number of imide groups is 1. The Bertz CT molecular complexity index is 519. The highest BCUT2D eigenvalue weighted by atomic mass is 16.2. The van der Waals surface area contributed by atoms with E-state index in [0.717, 1.165) is 4.90 Å². The summed E-state index contributed by atoms with van der Waals surface area (Å²) in [6, 6.07) is 1.38. The van der Waals surface area contributed by atoms with Crippen LogP contribution in [0.1, 0.15) is 18.5 Å². The van der Waals surface area contributed by atoms with Gasteiger partial charge >= 0.3 is 0 Å². The van der Waals surface area contributed by atoms with Crippen LogP contribution in [0.5, 0.6) is 0 Å². The van der Waals surface area contributed by atoms with E-state index in [1.54, 1.807) is 0 Å². The molecule has 2 heterocycles. The predicted molar refractivity (Wildman–Crippen MR) is 61.2 cm³/mol. The van der Waals surface area contributed by atoms with Crippen LogP contribution in [0.25, 0.3) is 0 Å². The van der Waals surface area contributed by atoms with Crippen molar-refractivity contribution in [1.29, 1.82) is 5.26 Å². The molecule has 1 aromatic heterocycles. The monoisotopic (exact) mass is 245 g/mol. The minimum Gasteiger partial charge on any atom is -0.357 e. The van der Waals surface area contributed by atoms with Gasteiger partial charge in [-0.3, -0.25) is 14.5 Å². The maximum absolute atomic E-state index is 11.8. The summed E-state index contributed by atoms with van der Waals surface area (Å²) in [5, 5.41) is 11.5. The van der Waals surface area contributed by atoms with E-state index in [4.69, 9.17) is 5.26 Å². The molecule has 92 valence electrons. The molecule has 1 N–H and O–H groups in total. The second kappa shape index (κ2) is 4.79. The van der Waals surface area contributed by atoms with Gasteiger partial charge in [0.05, 0.1) is 12.4 Å². The van der Waals surface area contributed by atoms with E-state index in [0.29, 0.717) is 18.7 Å². The van der Waals surface area contributed by atoms with E-state index < -0.39 is 6.04 Å². The molecule has 7 nitrogen and oxygen atoms in total. The van der Waals surface area contributed by atoms with Gasteiger partial charge < -0.3 is 5.32 Å². The Morgan fingerprint density at radius 3 is 2.83 bits per heavy atom. The lowest BCUT2D eigenvalue weighted by molar-refractivity contribution is -0.146. The molecule has 1 fully saturated rings. The molecular weight excluding hydrogens is 234 g/mol. The second-order valence-corrected chi connectivity index (χ2v) is 3.93. The molecule has 7 heteroatoms. The molecule has 0 spiro atoms. The Hall–Kier alpha value is -2.49. The molecule has 2 rings (SSSR count). The van der Waals surface area contributed by atoms with Gasteiger partial charge in [-0.25, -0.2) is 9.97 Å². The number of nitrogens with one attached hydrogen (secondary N) is 1. The number of piperidine rings is 1. The van der Waals surface area contributed by atoms with E-state index >= 15 is 0 Å². The van der Waals surface area contributed by atoms with Crippen molar-refractivity contribution >= 4 is 17.6 Å². The molecule has 0 aromatic carbocycles. The van der Waals surface area contributed by atoms with Crippen molar-refractivity contribution in [2.45, 2.75) is 18.9 Å². The third-order valence-corrected chi connectivity index (χ3v) is 2.74. The molecule has 18 heavy (non-hydrogen) atoms. The topological polar surface area (TPSA) is 99.0 Å². The zero-order valence-corrected chi connectivity index (χ0v) is 9.75. The number of carbonyl (C=O) groups is 2. The van der Waals surface area contributed by atoms with Gasteiger partial charge in [0.1, 0.15) is 17.9 Å². The first kappa shape index (κ1) is 12.0. The molecule has 0 aliphatic carbocycles. The van der Waals surface area contributed by atoms with E-state index in [-0.39, 0.29) is 17.5 Å². The summed E-state index contributed by atoms with van der Waals surface area (Å²) in [6.45, 7) is 0. The molecule has 1 unspecified atom stereocenters. The van der Waals surface area contributed by atoms with Gasteiger partial charge in [-0.15, -0.1) is 0 Å². The maximum atomic E-state index is 11.8. The number of likely N-dealkylation sites (tertiary alicyclic amines) is 1. The third kappa shape index (κ3) is 2.27. The molecule has 1 aliphatic heterocycles. The van der Waals surface area contributed by atoms with E-state index in [1.807, 2.05) is 6.07 Å². The third-order valence-electron chi connectivity index (χ3n) is 2.74. The largest absolute Gasteiger partial charge is 0.357 e. The van der Waals surface area contributed by atoms with Crippen molar-refractivity contribution in [3.05, 3.63) is 18.1 Å². The zero-order valence-electron chi connectivity index (χ0n) is 9.75. The molecule has 1 saturated heterocycles. The Labute approximate surface area is 103 Å². The van der Waals surface area contributed by atoms with Crippen LogP contribution in [0, 0.1) is 11.3 Å². The smallest absolute Gasteiger partial charge is 0.251 e. The van der Waals surface area contributed by atoms with Crippen molar-refractivity contribution in [2.24, 2.45) is 0 Å². The molecule has 1 aliphatic rings. The fourth-order valence-electron chi connectivity index (χ4n) is 1.69. The first-order valence-electron chi connectivity index (χ1n) is 5.41. The average molecular weight is 245 g/mol. The van der Waals surface area contributed by atoms with Gasteiger partial charge in [-0.2, -0.15) is 5.26 Å². The zero-order chi connectivity index (χ0) is 13.1. The fraction of sp³-hybridized carbons (Fsp3) is 0.364. The summed E-state index contributed by atoms with van der Waals surface area (Å²) < 4.78 is 0. The van der Waals surface area contributed by atoms with Crippen molar-refractivity contribution in [2.75, 3.05) is 12.4 Å². The number of likely N-dealkylation sites (N-methyl/N-ethyl adjacent to an activating group) is 1. The van der Waals surface area contributed by atoms with Crippen LogP contribution in [0.4, 0.5) is 5.82 Å². The number of aromatic nitrogens is 2. The SMILES string of the molecule is CN1C(=O)CCC(Nc2cnc(C#N)cn2)C1=O. The molecular formula is C11H11N5O2. The highest BCUT2D eigenvalue weighted by molar-refractivity contribution is 6.01. The van der Waals surface area contributed by atoms with Gasteiger partial charge in [-0.1, -0.05) is 0 Å². The normalized spacial score (nSPS) is 19.6.